The van der Waals surface area contributed by atoms with Gasteiger partial charge in [0.2, 0.25) is 11.8 Å². The van der Waals surface area contributed by atoms with E-state index in [1.807, 2.05) is 6.07 Å². The lowest BCUT2D eigenvalue weighted by Crippen LogP contribution is -2.48. The van der Waals surface area contributed by atoms with Crippen LogP contribution in [0.4, 0.5) is 0 Å². The van der Waals surface area contributed by atoms with Crippen LogP contribution in [0.2, 0.25) is 0 Å². The highest BCUT2D eigenvalue weighted by Gasteiger charge is 2.25. The van der Waals surface area contributed by atoms with Gasteiger partial charge in [0.25, 0.3) is 0 Å². The topological polar surface area (TPSA) is 76.7 Å². The van der Waals surface area contributed by atoms with Crippen LogP contribution in [0.15, 0.2) is 18.2 Å². The molecule has 1 rings (SSSR count). The maximum absolute atomic E-state index is 12.1. The van der Waals surface area contributed by atoms with Crippen LogP contribution in [0.3, 0.4) is 0 Å². The highest BCUT2D eigenvalue weighted by Crippen LogP contribution is 2.24. The van der Waals surface area contributed by atoms with Gasteiger partial charge in [0.15, 0.2) is 0 Å². The quantitative estimate of drug-likeness (QED) is 0.838. The molecule has 2 N–H and O–H groups in total. The third kappa shape index (κ3) is 5.47. The summed E-state index contributed by atoms with van der Waals surface area (Å²) in [6.45, 7) is 7.37. The Hall–Kier alpha value is -2.24. The Labute approximate surface area is 137 Å². The first-order valence-electron chi connectivity index (χ1n) is 7.48. The Morgan fingerprint density at radius 1 is 1.17 bits per heavy atom. The molecule has 0 bridgehead atoms. The van der Waals surface area contributed by atoms with Crippen LogP contribution < -0.4 is 20.1 Å². The minimum absolute atomic E-state index is 0.165. The molecule has 6 heteroatoms. The molecule has 128 valence electrons. The summed E-state index contributed by atoms with van der Waals surface area (Å²) < 4.78 is 10.4. The summed E-state index contributed by atoms with van der Waals surface area (Å²) in [6.07, 6.45) is 0. The average Bonchev–Trinajstić information content (AvgIpc) is 2.51. The van der Waals surface area contributed by atoms with E-state index in [4.69, 9.17) is 9.47 Å². The van der Waals surface area contributed by atoms with E-state index in [-0.39, 0.29) is 11.8 Å². The predicted molar refractivity (Wildman–Crippen MR) is 88.5 cm³/mol. The molecular formula is C17H26N2O4. The van der Waals surface area contributed by atoms with Crippen LogP contribution in [-0.2, 0) is 16.1 Å². The molecule has 0 saturated heterocycles. The third-order valence-corrected chi connectivity index (χ3v) is 3.37. The molecule has 0 aliphatic carbocycles. The fourth-order valence-electron chi connectivity index (χ4n) is 1.81. The fourth-order valence-corrected chi connectivity index (χ4v) is 1.81. The molecular weight excluding hydrogens is 296 g/mol. The van der Waals surface area contributed by atoms with Crippen LogP contribution in [0.25, 0.3) is 0 Å². The normalized spacial score (nSPS) is 12.3. The molecule has 0 aliphatic rings. The van der Waals surface area contributed by atoms with Crippen molar-refractivity contribution in [2.24, 2.45) is 5.41 Å². The molecule has 23 heavy (non-hydrogen) atoms. The van der Waals surface area contributed by atoms with E-state index >= 15 is 0 Å². The Morgan fingerprint density at radius 3 is 2.35 bits per heavy atom. The first-order valence-corrected chi connectivity index (χ1v) is 7.48. The summed E-state index contributed by atoms with van der Waals surface area (Å²) >= 11 is 0. The van der Waals surface area contributed by atoms with Crippen molar-refractivity contribution in [2.45, 2.75) is 40.3 Å². The molecule has 0 aliphatic heterocycles. The summed E-state index contributed by atoms with van der Waals surface area (Å²) in [4.78, 5) is 24.0. The number of carbonyl (C=O) groups is 2. The standard InChI is InChI=1S/C17H26N2O4/c1-11(19-16(21)17(2,3)4)15(20)18-10-12-7-8-13(22-5)9-14(12)23-6/h7-9,11H,10H2,1-6H3,(H,18,20)(H,19,21). The number of rotatable bonds is 6. The van der Waals surface area contributed by atoms with Gasteiger partial charge in [-0.1, -0.05) is 20.8 Å². The monoisotopic (exact) mass is 322 g/mol. The lowest BCUT2D eigenvalue weighted by atomic mass is 9.95. The third-order valence-electron chi connectivity index (χ3n) is 3.37. The number of nitrogens with one attached hydrogen (secondary N) is 2. The first kappa shape index (κ1) is 18.8. The molecule has 0 saturated carbocycles. The van der Waals surface area contributed by atoms with Crippen LogP contribution >= 0.6 is 0 Å². The van der Waals surface area contributed by atoms with Gasteiger partial charge < -0.3 is 20.1 Å². The van der Waals surface area contributed by atoms with Crippen molar-refractivity contribution in [1.82, 2.24) is 10.6 Å². The van der Waals surface area contributed by atoms with Gasteiger partial charge in [-0.25, -0.2) is 0 Å². The Kier molecular flexibility index (Phi) is 6.42. The largest absolute Gasteiger partial charge is 0.497 e. The van der Waals surface area contributed by atoms with E-state index in [9.17, 15) is 9.59 Å². The van der Waals surface area contributed by atoms with Crippen molar-refractivity contribution in [3.63, 3.8) is 0 Å². The smallest absolute Gasteiger partial charge is 0.242 e. The second-order valence-corrected chi connectivity index (χ2v) is 6.34. The minimum atomic E-state index is -0.606. The molecule has 0 spiro atoms. The summed E-state index contributed by atoms with van der Waals surface area (Å²) in [5.41, 5.74) is 0.296. The van der Waals surface area contributed by atoms with Gasteiger partial charge in [-0.15, -0.1) is 0 Å². The van der Waals surface area contributed by atoms with E-state index in [0.29, 0.717) is 18.0 Å². The number of benzene rings is 1. The average molecular weight is 322 g/mol. The van der Waals surface area contributed by atoms with E-state index in [1.54, 1.807) is 54.0 Å². The Morgan fingerprint density at radius 2 is 1.83 bits per heavy atom. The lowest BCUT2D eigenvalue weighted by molar-refractivity contribution is -0.133. The highest BCUT2D eigenvalue weighted by atomic mass is 16.5. The number of methoxy groups -OCH3 is 2. The van der Waals surface area contributed by atoms with E-state index in [1.165, 1.54) is 0 Å². The van der Waals surface area contributed by atoms with Crippen molar-refractivity contribution >= 4 is 11.8 Å². The number of ether oxygens (including phenoxy) is 2. The van der Waals surface area contributed by atoms with Gasteiger partial charge in [0.05, 0.1) is 14.2 Å². The SMILES string of the molecule is COc1ccc(CNC(=O)C(C)NC(=O)C(C)(C)C)c(OC)c1. The molecule has 1 aromatic carbocycles. The van der Waals surface area contributed by atoms with Crippen molar-refractivity contribution in [1.29, 1.82) is 0 Å². The molecule has 1 atom stereocenters. The van der Waals surface area contributed by atoms with Gasteiger partial charge in [-0.3, -0.25) is 9.59 Å². The summed E-state index contributed by atoms with van der Waals surface area (Å²) in [5.74, 6) is 0.904. The van der Waals surface area contributed by atoms with Gasteiger partial charge in [-0.05, 0) is 19.1 Å². The summed E-state index contributed by atoms with van der Waals surface area (Å²) in [5, 5.41) is 5.49. The van der Waals surface area contributed by atoms with Gasteiger partial charge >= 0.3 is 0 Å². The maximum atomic E-state index is 12.1. The number of hydrogen-bond donors (Lipinski definition) is 2. The Balaban J connectivity index is 2.64. The second-order valence-electron chi connectivity index (χ2n) is 6.34. The zero-order chi connectivity index (χ0) is 17.6. The zero-order valence-corrected chi connectivity index (χ0v) is 14.6. The molecule has 0 radical (unpaired) electrons. The summed E-state index contributed by atoms with van der Waals surface area (Å²) in [6, 6.07) is 4.78. The first-order chi connectivity index (χ1) is 10.7. The van der Waals surface area contributed by atoms with Crippen LogP contribution in [0.1, 0.15) is 33.3 Å². The zero-order valence-electron chi connectivity index (χ0n) is 14.6. The van der Waals surface area contributed by atoms with Crippen molar-refractivity contribution in [3.8, 4) is 11.5 Å². The number of amides is 2. The summed E-state index contributed by atoms with van der Waals surface area (Å²) in [7, 11) is 3.14. The van der Waals surface area contributed by atoms with E-state index < -0.39 is 11.5 Å². The van der Waals surface area contributed by atoms with Crippen molar-refractivity contribution in [2.75, 3.05) is 14.2 Å². The van der Waals surface area contributed by atoms with E-state index in [2.05, 4.69) is 10.6 Å². The minimum Gasteiger partial charge on any atom is -0.497 e. The number of hydrogen-bond acceptors (Lipinski definition) is 4. The molecule has 0 fully saturated rings. The van der Waals surface area contributed by atoms with Crippen LogP contribution in [0.5, 0.6) is 11.5 Å². The second kappa shape index (κ2) is 7.85. The highest BCUT2D eigenvalue weighted by molar-refractivity contribution is 5.89. The van der Waals surface area contributed by atoms with Gasteiger partial charge in [-0.2, -0.15) is 0 Å². The van der Waals surface area contributed by atoms with Gasteiger partial charge in [0.1, 0.15) is 17.5 Å². The number of carbonyl (C=O) groups excluding carboxylic acids is 2. The van der Waals surface area contributed by atoms with Crippen molar-refractivity contribution in [3.05, 3.63) is 23.8 Å². The van der Waals surface area contributed by atoms with Gasteiger partial charge in [0, 0.05) is 23.6 Å². The molecule has 2 amide bonds. The maximum Gasteiger partial charge on any atom is 0.242 e. The molecule has 0 aromatic heterocycles. The molecule has 6 nitrogen and oxygen atoms in total. The predicted octanol–water partition coefficient (Wildman–Crippen LogP) is 1.87. The van der Waals surface area contributed by atoms with Crippen molar-refractivity contribution < 1.29 is 19.1 Å². The molecule has 1 unspecified atom stereocenters. The van der Waals surface area contributed by atoms with Crippen LogP contribution in [0, 0.1) is 5.41 Å². The lowest BCUT2D eigenvalue weighted by Gasteiger charge is -2.21. The van der Waals surface area contributed by atoms with Crippen LogP contribution in [-0.4, -0.2) is 32.1 Å². The molecule has 1 aromatic rings. The van der Waals surface area contributed by atoms with E-state index in [0.717, 1.165) is 5.56 Å². The Bertz CT molecular complexity index is 564. The fraction of sp³-hybridized carbons (Fsp3) is 0.529. The molecule has 0 heterocycles.